The topological polar surface area (TPSA) is 96.4 Å². The first-order valence-corrected chi connectivity index (χ1v) is 12.6. The van der Waals surface area contributed by atoms with Crippen molar-refractivity contribution in [1.82, 2.24) is 0 Å². The lowest BCUT2D eigenvalue weighted by atomic mass is 10.1. The lowest BCUT2D eigenvalue weighted by Crippen LogP contribution is -2.35. The van der Waals surface area contributed by atoms with Crippen molar-refractivity contribution in [3.8, 4) is 11.5 Å². The molecule has 0 heterocycles. The van der Waals surface area contributed by atoms with Crippen molar-refractivity contribution >= 4 is 40.8 Å². The Morgan fingerprint density at radius 1 is 0.711 bits per heavy atom. The molecule has 200 valence electrons. The molecule has 0 aliphatic heterocycles. The summed E-state index contributed by atoms with van der Waals surface area (Å²) in [6.45, 7) is 0.564. The highest BCUT2D eigenvalue weighted by Gasteiger charge is 2.21. The van der Waals surface area contributed by atoms with Crippen LogP contribution in [0, 0.1) is 0 Å². The van der Waals surface area contributed by atoms with Gasteiger partial charge in [-0.05, 0) is 85.6 Å². The SMILES string of the molecule is COc1ccc(N(CCCC(=O)O)C(=O)CCCN(C(=O)c2ccc(Cl)cc2)c2ccc(OC)cc2)cc1. The Morgan fingerprint density at radius 3 is 1.68 bits per heavy atom. The number of anilines is 2. The zero-order valence-electron chi connectivity index (χ0n) is 21.4. The Balaban J connectivity index is 1.75. The average Bonchev–Trinajstić information content (AvgIpc) is 2.93. The molecule has 38 heavy (non-hydrogen) atoms. The Labute approximate surface area is 227 Å². The maximum atomic E-state index is 13.4. The number of aliphatic carboxylic acids is 1. The highest BCUT2D eigenvalue weighted by molar-refractivity contribution is 6.30. The van der Waals surface area contributed by atoms with Gasteiger partial charge in [0.2, 0.25) is 5.91 Å². The van der Waals surface area contributed by atoms with Crippen LogP contribution in [0.15, 0.2) is 72.8 Å². The van der Waals surface area contributed by atoms with Crippen LogP contribution in [0.3, 0.4) is 0 Å². The molecule has 0 saturated heterocycles. The smallest absolute Gasteiger partial charge is 0.303 e. The molecule has 3 rings (SSSR count). The largest absolute Gasteiger partial charge is 0.497 e. The summed E-state index contributed by atoms with van der Waals surface area (Å²) in [6, 6.07) is 20.8. The summed E-state index contributed by atoms with van der Waals surface area (Å²) in [5.41, 5.74) is 1.81. The second kappa shape index (κ2) is 14.0. The Morgan fingerprint density at radius 2 is 1.18 bits per heavy atom. The summed E-state index contributed by atoms with van der Waals surface area (Å²) in [7, 11) is 3.13. The number of nitrogens with zero attached hydrogens (tertiary/aromatic N) is 2. The molecule has 0 unspecified atom stereocenters. The van der Waals surface area contributed by atoms with E-state index in [0.29, 0.717) is 52.8 Å². The number of halogens is 1. The molecule has 0 aliphatic carbocycles. The van der Waals surface area contributed by atoms with E-state index in [9.17, 15) is 14.4 Å². The van der Waals surface area contributed by atoms with E-state index in [4.69, 9.17) is 26.2 Å². The molecule has 0 radical (unpaired) electrons. The molecular weight excluding hydrogens is 508 g/mol. The van der Waals surface area contributed by atoms with Gasteiger partial charge < -0.3 is 24.4 Å². The van der Waals surface area contributed by atoms with Gasteiger partial charge in [-0.25, -0.2) is 0 Å². The second-order valence-electron chi connectivity index (χ2n) is 8.51. The summed E-state index contributed by atoms with van der Waals surface area (Å²) in [6.07, 6.45) is 0.844. The molecule has 3 aromatic rings. The average molecular weight is 539 g/mol. The van der Waals surface area contributed by atoms with Crippen LogP contribution in [0.4, 0.5) is 11.4 Å². The summed E-state index contributed by atoms with van der Waals surface area (Å²) < 4.78 is 10.4. The van der Waals surface area contributed by atoms with Crippen LogP contribution >= 0.6 is 11.6 Å². The van der Waals surface area contributed by atoms with Gasteiger partial charge >= 0.3 is 5.97 Å². The number of methoxy groups -OCH3 is 2. The first kappa shape index (κ1) is 28.5. The van der Waals surface area contributed by atoms with Gasteiger partial charge in [0.25, 0.3) is 5.91 Å². The molecule has 0 spiro atoms. The minimum absolute atomic E-state index is 0.0409. The number of ether oxygens (including phenoxy) is 2. The van der Waals surface area contributed by atoms with Crippen molar-refractivity contribution in [2.24, 2.45) is 0 Å². The van der Waals surface area contributed by atoms with E-state index in [1.54, 1.807) is 96.8 Å². The molecule has 1 N–H and O–H groups in total. The van der Waals surface area contributed by atoms with Crippen molar-refractivity contribution < 1.29 is 29.0 Å². The van der Waals surface area contributed by atoms with Gasteiger partial charge in [0, 0.05) is 47.9 Å². The van der Waals surface area contributed by atoms with E-state index >= 15 is 0 Å². The molecule has 9 heteroatoms. The van der Waals surface area contributed by atoms with E-state index in [1.165, 1.54) is 0 Å². The highest BCUT2D eigenvalue weighted by Crippen LogP contribution is 2.24. The Bertz CT molecular complexity index is 1210. The number of hydrogen-bond donors (Lipinski definition) is 1. The van der Waals surface area contributed by atoms with Gasteiger partial charge in [0.1, 0.15) is 11.5 Å². The Kier molecular flexibility index (Phi) is 10.5. The van der Waals surface area contributed by atoms with E-state index in [0.717, 1.165) is 0 Å². The minimum atomic E-state index is -0.914. The molecular formula is C29H31ClN2O6. The molecule has 0 aromatic heterocycles. The van der Waals surface area contributed by atoms with E-state index in [-0.39, 0.29) is 31.2 Å². The zero-order chi connectivity index (χ0) is 27.5. The monoisotopic (exact) mass is 538 g/mol. The normalized spacial score (nSPS) is 10.5. The molecule has 0 bridgehead atoms. The van der Waals surface area contributed by atoms with E-state index in [2.05, 4.69) is 0 Å². The number of carbonyl (C=O) groups excluding carboxylic acids is 2. The fourth-order valence-corrected chi connectivity index (χ4v) is 4.06. The third-order valence-electron chi connectivity index (χ3n) is 5.95. The van der Waals surface area contributed by atoms with Crippen molar-refractivity contribution in [1.29, 1.82) is 0 Å². The summed E-state index contributed by atoms with van der Waals surface area (Å²) in [4.78, 5) is 40.9. The van der Waals surface area contributed by atoms with Crippen molar-refractivity contribution in [2.45, 2.75) is 25.7 Å². The molecule has 0 saturated carbocycles. The quantitative estimate of drug-likeness (QED) is 0.301. The number of carbonyl (C=O) groups is 3. The summed E-state index contributed by atoms with van der Waals surface area (Å²) >= 11 is 5.99. The van der Waals surface area contributed by atoms with Crippen LogP contribution in [-0.4, -0.2) is 50.2 Å². The third kappa shape index (κ3) is 7.98. The number of amides is 2. The first-order chi connectivity index (χ1) is 18.3. The summed E-state index contributed by atoms with van der Waals surface area (Å²) in [5.74, 6) is 0.0340. The maximum Gasteiger partial charge on any atom is 0.303 e. The zero-order valence-corrected chi connectivity index (χ0v) is 22.2. The van der Waals surface area contributed by atoms with Gasteiger partial charge in [0.05, 0.1) is 14.2 Å². The standard InChI is InChI=1S/C29H31ClN2O6/c1-37-25-15-11-23(12-16-25)31(19-4-6-28(34)35)27(33)5-3-20-32(24-13-17-26(38-2)18-14-24)29(36)21-7-9-22(30)10-8-21/h7-18H,3-6,19-20H2,1-2H3,(H,34,35). The van der Waals surface area contributed by atoms with Crippen LogP contribution in [0.1, 0.15) is 36.0 Å². The van der Waals surface area contributed by atoms with Crippen molar-refractivity contribution in [2.75, 3.05) is 37.1 Å². The highest BCUT2D eigenvalue weighted by atomic mass is 35.5. The summed E-state index contributed by atoms with van der Waals surface area (Å²) in [5, 5.41) is 9.57. The molecule has 0 fully saturated rings. The lowest BCUT2D eigenvalue weighted by Gasteiger charge is -2.25. The molecule has 3 aromatic carbocycles. The van der Waals surface area contributed by atoms with Gasteiger partial charge in [-0.3, -0.25) is 14.4 Å². The van der Waals surface area contributed by atoms with E-state index < -0.39 is 5.97 Å². The predicted molar refractivity (Wildman–Crippen MR) is 148 cm³/mol. The maximum absolute atomic E-state index is 13.4. The fourth-order valence-electron chi connectivity index (χ4n) is 3.93. The molecule has 8 nitrogen and oxygen atoms in total. The number of carboxylic acid groups (broad SMARTS) is 1. The second-order valence-corrected chi connectivity index (χ2v) is 8.94. The van der Waals surface area contributed by atoms with Crippen LogP contribution in [0.5, 0.6) is 11.5 Å². The van der Waals surface area contributed by atoms with Gasteiger partial charge in [-0.1, -0.05) is 11.6 Å². The molecule has 0 atom stereocenters. The minimum Gasteiger partial charge on any atom is -0.497 e. The third-order valence-corrected chi connectivity index (χ3v) is 6.20. The molecule has 0 aliphatic rings. The van der Waals surface area contributed by atoms with Crippen LogP contribution in [0.2, 0.25) is 5.02 Å². The van der Waals surface area contributed by atoms with Gasteiger partial charge in [0.15, 0.2) is 0 Å². The fraction of sp³-hybridized carbons (Fsp3) is 0.276. The predicted octanol–water partition coefficient (Wildman–Crippen LogP) is 5.68. The number of rotatable bonds is 13. The number of hydrogen-bond acceptors (Lipinski definition) is 5. The van der Waals surface area contributed by atoms with Gasteiger partial charge in [-0.2, -0.15) is 0 Å². The number of carboxylic acids is 1. The van der Waals surface area contributed by atoms with E-state index in [1.807, 2.05) is 0 Å². The molecule has 2 amide bonds. The first-order valence-electron chi connectivity index (χ1n) is 12.2. The van der Waals surface area contributed by atoms with Crippen LogP contribution in [0.25, 0.3) is 0 Å². The van der Waals surface area contributed by atoms with Crippen molar-refractivity contribution in [3.63, 3.8) is 0 Å². The van der Waals surface area contributed by atoms with Crippen LogP contribution in [-0.2, 0) is 9.59 Å². The van der Waals surface area contributed by atoms with Crippen molar-refractivity contribution in [3.05, 3.63) is 83.4 Å². The lowest BCUT2D eigenvalue weighted by molar-refractivity contribution is -0.137. The number of benzene rings is 3. The Hall–Kier alpha value is -4.04. The van der Waals surface area contributed by atoms with Gasteiger partial charge in [-0.15, -0.1) is 0 Å². The van der Waals surface area contributed by atoms with Crippen LogP contribution < -0.4 is 19.3 Å².